The van der Waals surface area contributed by atoms with Crippen molar-refractivity contribution >= 4 is 32.4 Å². The third-order valence-electron chi connectivity index (χ3n) is 5.66. The number of anilines is 1. The first-order valence-electron chi connectivity index (χ1n) is 10.2. The first-order valence-corrected chi connectivity index (χ1v) is 12.5. The van der Waals surface area contributed by atoms with Crippen LogP contribution in [0.15, 0.2) is 29.2 Å². The lowest BCUT2D eigenvalue weighted by Gasteiger charge is -2.34. The molecule has 1 aromatic carbocycles. The van der Waals surface area contributed by atoms with E-state index in [1.54, 1.807) is 16.4 Å². The van der Waals surface area contributed by atoms with Crippen LogP contribution in [-0.2, 0) is 22.9 Å². The number of sulfonamides is 1. The third kappa shape index (κ3) is 4.39. The maximum Gasteiger partial charge on any atom is 0.257 e. The number of rotatable bonds is 4. The van der Waals surface area contributed by atoms with Crippen LogP contribution in [0.2, 0.25) is 0 Å². The van der Waals surface area contributed by atoms with Gasteiger partial charge in [-0.2, -0.15) is 4.31 Å². The molecular weight excluding hydrogens is 406 g/mol. The number of hydrogen-bond donors (Lipinski definition) is 1. The average molecular weight is 434 g/mol. The molecule has 0 bridgehead atoms. The molecule has 1 aliphatic heterocycles. The van der Waals surface area contributed by atoms with Crippen molar-refractivity contribution in [2.24, 2.45) is 11.8 Å². The smallest absolute Gasteiger partial charge is 0.257 e. The molecule has 6 nitrogen and oxygen atoms in total. The van der Waals surface area contributed by atoms with E-state index in [-0.39, 0.29) is 10.8 Å². The number of benzene rings is 1. The Hall–Kier alpha value is -1.77. The fourth-order valence-electron chi connectivity index (χ4n) is 4.30. The fourth-order valence-corrected chi connectivity index (χ4v) is 7.03. The van der Waals surface area contributed by atoms with Gasteiger partial charge in [0.05, 0.1) is 10.6 Å². The summed E-state index contributed by atoms with van der Waals surface area (Å²) in [7, 11) is -3.54. The highest BCUT2D eigenvalue weighted by Gasteiger charge is 2.31. The van der Waals surface area contributed by atoms with Gasteiger partial charge in [-0.1, -0.05) is 13.8 Å². The Balaban J connectivity index is 1.47. The highest BCUT2D eigenvalue weighted by molar-refractivity contribution is 7.89. The summed E-state index contributed by atoms with van der Waals surface area (Å²) in [6.45, 7) is 5.26. The van der Waals surface area contributed by atoms with Crippen molar-refractivity contribution in [2.45, 2.75) is 50.8 Å². The van der Waals surface area contributed by atoms with E-state index >= 15 is 0 Å². The predicted molar refractivity (Wildman–Crippen MR) is 115 cm³/mol. The minimum atomic E-state index is -3.54. The second-order valence-electron chi connectivity index (χ2n) is 8.34. The zero-order valence-corrected chi connectivity index (χ0v) is 18.5. The molecule has 156 valence electrons. The van der Waals surface area contributed by atoms with Crippen molar-refractivity contribution in [1.82, 2.24) is 9.29 Å². The Bertz CT molecular complexity index is 965. The fraction of sp³-hybridized carbons (Fsp3) is 0.524. The molecule has 2 atom stereocenters. The molecule has 0 radical (unpaired) electrons. The van der Waals surface area contributed by atoms with Crippen molar-refractivity contribution in [1.29, 1.82) is 0 Å². The Labute approximate surface area is 176 Å². The van der Waals surface area contributed by atoms with Gasteiger partial charge in [0.2, 0.25) is 10.0 Å². The van der Waals surface area contributed by atoms with E-state index in [1.807, 2.05) is 0 Å². The molecule has 1 fully saturated rings. The molecule has 0 saturated carbocycles. The zero-order chi connectivity index (χ0) is 20.6. The van der Waals surface area contributed by atoms with E-state index in [4.69, 9.17) is 0 Å². The van der Waals surface area contributed by atoms with E-state index in [9.17, 15) is 13.2 Å². The first kappa shape index (κ1) is 20.5. The summed E-state index contributed by atoms with van der Waals surface area (Å²) in [6, 6.07) is 6.21. The van der Waals surface area contributed by atoms with Gasteiger partial charge < -0.3 is 0 Å². The Morgan fingerprint density at radius 2 is 1.76 bits per heavy atom. The van der Waals surface area contributed by atoms with Crippen LogP contribution in [0, 0.1) is 11.8 Å². The first-order chi connectivity index (χ1) is 13.8. The molecule has 8 heteroatoms. The third-order valence-corrected chi connectivity index (χ3v) is 8.57. The molecule has 1 aliphatic carbocycles. The maximum absolute atomic E-state index is 13.0. The molecule has 2 aromatic rings. The van der Waals surface area contributed by atoms with Gasteiger partial charge in [-0.3, -0.25) is 10.1 Å². The van der Waals surface area contributed by atoms with Crippen LogP contribution in [0.3, 0.4) is 0 Å². The summed E-state index contributed by atoms with van der Waals surface area (Å²) in [4.78, 5) is 18.6. The normalized spacial score (nSPS) is 22.8. The largest absolute Gasteiger partial charge is 0.298 e. The topological polar surface area (TPSA) is 79.4 Å². The van der Waals surface area contributed by atoms with Gasteiger partial charge >= 0.3 is 0 Å². The number of amides is 1. The number of aromatic nitrogens is 1. The number of fused-ring (bicyclic) bond motifs is 1. The van der Waals surface area contributed by atoms with Crippen molar-refractivity contribution in [2.75, 3.05) is 18.4 Å². The molecule has 1 saturated heterocycles. The van der Waals surface area contributed by atoms with E-state index in [1.165, 1.54) is 34.8 Å². The number of nitrogens with one attached hydrogen (secondary N) is 1. The van der Waals surface area contributed by atoms with Gasteiger partial charge in [-0.25, -0.2) is 13.4 Å². The van der Waals surface area contributed by atoms with Crippen molar-refractivity contribution < 1.29 is 13.2 Å². The van der Waals surface area contributed by atoms with Crippen LogP contribution in [0.4, 0.5) is 5.13 Å². The van der Waals surface area contributed by atoms with E-state index in [0.29, 0.717) is 35.6 Å². The van der Waals surface area contributed by atoms with Gasteiger partial charge in [-0.05, 0) is 68.2 Å². The number of carbonyl (C=O) groups is 1. The highest BCUT2D eigenvalue weighted by Crippen LogP contribution is 2.30. The summed E-state index contributed by atoms with van der Waals surface area (Å²) < 4.78 is 27.5. The molecular formula is C21H27N3O3S2. The second kappa shape index (κ2) is 8.16. The van der Waals surface area contributed by atoms with Gasteiger partial charge in [-0.15, -0.1) is 11.3 Å². The summed E-state index contributed by atoms with van der Waals surface area (Å²) in [6.07, 6.45) is 5.37. The Morgan fingerprint density at radius 1 is 1.10 bits per heavy atom. The lowest BCUT2D eigenvalue weighted by Crippen LogP contribution is -2.42. The van der Waals surface area contributed by atoms with Crippen molar-refractivity contribution in [3.05, 3.63) is 40.4 Å². The number of aryl methyl sites for hydroxylation is 2. The van der Waals surface area contributed by atoms with Crippen molar-refractivity contribution in [3.63, 3.8) is 0 Å². The Kier molecular flexibility index (Phi) is 5.77. The minimum Gasteiger partial charge on any atom is -0.298 e. The van der Waals surface area contributed by atoms with E-state index in [2.05, 4.69) is 24.1 Å². The SMILES string of the molecule is C[C@@H]1C[C@H](C)CN(S(=O)(=O)c2ccc(C(=O)Nc3nc4c(s3)CCCC4)cc2)C1. The molecule has 0 unspecified atom stereocenters. The van der Waals surface area contributed by atoms with Crippen molar-refractivity contribution in [3.8, 4) is 0 Å². The van der Waals surface area contributed by atoms with E-state index in [0.717, 1.165) is 31.4 Å². The molecule has 0 spiro atoms. The van der Waals surface area contributed by atoms with Crippen LogP contribution >= 0.6 is 11.3 Å². The monoisotopic (exact) mass is 433 g/mol. The summed E-state index contributed by atoms with van der Waals surface area (Å²) in [5, 5.41) is 3.48. The number of piperidine rings is 1. The highest BCUT2D eigenvalue weighted by atomic mass is 32.2. The number of carbonyl (C=O) groups excluding carboxylic acids is 1. The van der Waals surface area contributed by atoms with Gasteiger partial charge in [0.1, 0.15) is 0 Å². The van der Waals surface area contributed by atoms with Gasteiger partial charge in [0.25, 0.3) is 5.91 Å². The number of nitrogens with zero attached hydrogens (tertiary/aromatic N) is 2. The van der Waals surface area contributed by atoms with Gasteiger partial charge in [0.15, 0.2) is 5.13 Å². The molecule has 4 rings (SSSR count). The molecule has 1 aromatic heterocycles. The average Bonchev–Trinajstić information content (AvgIpc) is 3.09. The predicted octanol–water partition coefficient (Wildman–Crippen LogP) is 3.94. The van der Waals surface area contributed by atoms with Crippen LogP contribution < -0.4 is 5.32 Å². The quantitative estimate of drug-likeness (QED) is 0.792. The van der Waals surface area contributed by atoms with E-state index < -0.39 is 10.0 Å². The number of hydrogen-bond acceptors (Lipinski definition) is 5. The van der Waals surface area contributed by atoms with Gasteiger partial charge in [0, 0.05) is 23.5 Å². The molecule has 1 N–H and O–H groups in total. The zero-order valence-electron chi connectivity index (χ0n) is 16.8. The standard InChI is InChI=1S/C21H27N3O3S2/c1-14-11-15(2)13-24(12-14)29(26,27)17-9-7-16(8-10-17)20(25)23-21-22-18-5-3-4-6-19(18)28-21/h7-10,14-15H,3-6,11-13H2,1-2H3,(H,22,23,25)/t14-,15+. The minimum absolute atomic E-state index is 0.236. The second-order valence-corrected chi connectivity index (χ2v) is 11.4. The molecule has 29 heavy (non-hydrogen) atoms. The molecule has 2 heterocycles. The lowest BCUT2D eigenvalue weighted by molar-refractivity contribution is 0.102. The summed E-state index contributed by atoms with van der Waals surface area (Å²) in [5.41, 5.74) is 1.53. The summed E-state index contributed by atoms with van der Waals surface area (Å²) >= 11 is 1.54. The number of thiazole rings is 1. The van der Waals surface area contributed by atoms with Crippen LogP contribution in [0.25, 0.3) is 0 Å². The molecule has 1 amide bonds. The lowest BCUT2D eigenvalue weighted by atomic mass is 9.94. The molecule has 2 aliphatic rings. The van der Waals surface area contributed by atoms with Crippen LogP contribution in [0.5, 0.6) is 0 Å². The Morgan fingerprint density at radius 3 is 2.41 bits per heavy atom. The van der Waals surface area contributed by atoms with Crippen LogP contribution in [0.1, 0.15) is 54.0 Å². The van der Waals surface area contributed by atoms with Crippen LogP contribution in [-0.4, -0.2) is 36.7 Å². The summed E-state index contributed by atoms with van der Waals surface area (Å²) in [5.74, 6) is 0.436. The maximum atomic E-state index is 13.0.